The number of rotatable bonds is 11. The van der Waals surface area contributed by atoms with E-state index >= 15 is 0 Å². The molecule has 0 atom stereocenters. The Morgan fingerprint density at radius 2 is 1.62 bits per heavy atom. The maximum absolute atomic E-state index is 12.2. The molecule has 0 aliphatic rings. The summed E-state index contributed by atoms with van der Waals surface area (Å²) in [4.78, 5) is 24.1. The average molecular weight is 399 g/mol. The molecule has 0 spiro atoms. The molecule has 0 aliphatic carbocycles. The highest BCUT2D eigenvalue weighted by Crippen LogP contribution is 2.18. The van der Waals surface area contributed by atoms with Gasteiger partial charge in [-0.1, -0.05) is 26.0 Å². The Balaban J connectivity index is 1.83. The first-order chi connectivity index (χ1) is 14.0. The molecule has 7 nitrogen and oxygen atoms in total. The lowest BCUT2D eigenvalue weighted by atomic mass is 10.2. The molecular formula is C22H29N3O4. The molecule has 0 unspecified atom stereocenters. The Bertz CT molecular complexity index is 808. The van der Waals surface area contributed by atoms with Crippen LogP contribution in [-0.4, -0.2) is 38.2 Å². The summed E-state index contributed by atoms with van der Waals surface area (Å²) in [5.74, 6) is 0.332. The van der Waals surface area contributed by atoms with E-state index in [2.05, 4.69) is 16.0 Å². The monoisotopic (exact) mass is 399 g/mol. The highest BCUT2D eigenvalue weighted by Gasteiger charge is 2.08. The summed E-state index contributed by atoms with van der Waals surface area (Å²) in [6.45, 7) is 7.36. The Kier molecular flexibility index (Phi) is 8.98. The molecule has 3 N–H and O–H groups in total. The maximum Gasteiger partial charge on any atom is 0.243 e. The topological polar surface area (TPSA) is 88.7 Å². The van der Waals surface area contributed by atoms with E-state index in [4.69, 9.17) is 9.47 Å². The van der Waals surface area contributed by atoms with E-state index in [0.717, 1.165) is 5.69 Å². The quantitative estimate of drug-likeness (QED) is 0.501. The second-order valence-electron chi connectivity index (χ2n) is 6.70. The number of hydrogen-bond donors (Lipinski definition) is 3. The number of ether oxygens (including phenoxy) is 2. The van der Waals surface area contributed by atoms with Crippen molar-refractivity contribution in [1.82, 2.24) is 0 Å². The molecule has 0 heterocycles. The van der Waals surface area contributed by atoms with Gasteiger partial charge in [0.2, 0.25) is 11.8 Å². The van der Waals surface area contributed by atoms with Crippen molar-refractivity contribution in [2.75, 3.05) is 42.3 Å². The van der Waals surface area contributed by atoms with Crippen LogP contribution in [0.25, 0.3) is 0 Å². The molecule has 0 fully saturated rings. The van der Waals surface area contributed by atoms with Crippen LogP contribution < -0.4 is 20.7 Å². The van der Waals surface area contributed by atoms with Crippen molar-refractivity contribution in [3.63, 3.8) is 0 Å². The van der Waals surface area contributed by atoms with Gasteiger partial charge in [-0.15, -0.1) is 0 Å². The number of carbonyl (C=O) groups is 2. The molecule has 29 heavy (non-hydrogen) atoms. The van der Waals surface area contributed by atoms with Gasteiger partial charge in [0.1, 0.15) is 12.4 Å². The molecule has 0 radical (unpaired) electrons. The summed E-state index contributed by atoms with van der Waals surface area (Å²) in [5.41, 5.74) is 2.05. The first-order valence-corrected chi connectivity index (χ1v) is 9.73. The summed E-state index contributed by atoms with van der Waals surface area (Å²) in [5, 5.41) is 8.71. The van der Waals surface area contributed by atoms with Crippen molar-refractivity contribution in [2.45, 2.75) is 20.8 Å². The highest BCUT2D eigenvalue weighted by atomic mass is 16.5. The third-order valence-corrected chi connectivity index (χ3v) is 3.93. The third-order valence-electron chi connectivity index (χ3n) is 3.93. The first kappa shape index (κ1) is 22.2. The fourth-order valence-corrected chi connectivity index (χ4v) is 2.41. The minimum atomic E-state index is -0.194. The fourth-order valence-electron chi connectivity index (χ4n) is 2.41. The zero-order chi connectivity index (χ0) is 21.1. The molecule has 7 heteroatoms. The van der Waals surface area contributed by atoms with Crippen molar-refractivity contribution in [2.24, 2.45) is 5.92 Å². The number of hydrogen-bond acceptors (Lipinski definition) is 5. The molecule has 2 amide bonds. The lowest BCUT2D eigenvalue weighted by molar-refractivity contribution is -0.119. The van der Waals surface area contributed by atoms with Gasteiger partial charge in [-0.2, -0.15) is 0 Å². The van der Waals surface area contributed by atoms with E-state index in [0.29, 0.717) is 36.9 Å². The van der Waals surface area contributed by atoms with Gasteiger partial charge in [0, 0.05) is 35.7 Å². The van der Waals surface area contributed by atoms with Crippen LogP contribution in [0.1, 0.15) is 20.8 Å². The normalized spacial score (nSPS) is 10.5. The third kappa shape index (κ3) is 8.23. The fraction of sp³-hybridized carbons (Fsp3) is 0.364. The van der Waals surface area contributed by atoms with Gasteiger partial charge in [-0.25, -0.2) is 0 Å². The lowest BCUT2D eigenvalue weighted by Gasteiger charge is -2.12. The summed E-state index contributed by atoms with van der Waals surface area (Å²) < 4.78 is 10.9. The van der Waals surface area contributed by atoms with Gasteiger partial charge < -0.3 is 25.4 Å². The highest BCUT2D eigenvalue weighted by molar-refractivity contribution is 5.96. The van der Waals surface area contributed by atoms with Crippen LogP contribution in [-0.2, 0) is 14.3 Å². The van der Waals surface area contributed by atoms with Gasteiger partial charge in [-0.3, -0.25) is 9.59 Å². The molecule has 0 bridgehead atoms. The molecule has 2 aromatic carbocycles. The molecular weight excluding hydrogens is 370 g/mol. The molecule has 0 saturated heterocycles. The summed E-state index contributed by atoms with van der Waals surface area (Å²) in [6, 6.07) is 14.5. The van der Waals surface area contributed by atoms with Gasteiger partial charge in [0.25, 0.3) is 0 Å². The van der Waals surface area contributed by atoms with Gasteiger partial charge in [0.05, 0.1) is 13.2 Å². The van der Waals surface area contributed by atoms with Crippen LogP contribution in [0.5, 0.6) is 5.75 Å². The Morgan fingerprint density at radius 3 is 2.34 bits per heavy atom. The predicted octanol–water partition coefficient (Wildman–Crippen LogP) is 3.75. The summed E-state index contributed by atoms with van der Waals surface area (Å²) in [7, 11) is 0. The van der Waals surface area contributed by atoms with Crippen molar-refractivity contribution < 1.29 is 19.1 Å². The minimum Gasteiger partial charge on any atom is -0.491 e. The van der Waals surface area contributed by atoms with E-state index < -0.39 is 0 Å². The van der Waals surface area contributed by atoms with Crippen LogP contribution in [0, 0.1) is 5.92 Å². The molecule has 2 aromatic rings. The van der Waals surface area contributed by atoms with E-state index in [9.17, 15) is 9.59 Å². The van der Waals surface area contributed by atoms with E-state index in [1.165, 1.54) is 0 Å². The van der Waals surface area contributed by atoms with Crippen molar-refractivity contribution in [3.05, 3.63) is 48.5 Å². The molecule has 0 aromatic heterocycles. The Morgan fingerprint density at radius 1 is 0.931 bits per heavy atom. The smallest absolute Gasteiger partial charge is 0.243 e. The van der Waals surface area contributed by atoms with Crippen molar-refractivity contribution >= 4 is 28.9 Å². The molecule has 156 valence electrons. The molecule has 0 saturated carbocycles. The SMILES string of the molecule is CCOCCOc1cccc(NCC(=O)Nc2cccc(NC(=O)C(C)C)c2)c1. The zero-order valence-electron chi connectivity index (χ0n) is 17.2. The van der Waals surface area contributed by atoms with Gasteiger partial charge in [-0.05, 0) is 37.3 Å². The van der Waals surface area contributed by atoms with Crippen LogP contribution in [0.2, 0.25) is 0 Å². The number of benzene rings is 2. The van der Waals surface area contributed by atoms with Crippen LogP contribution in [0.4, 0.5) is 17.1 Å². The molecule has 2 rings (SSSR count). The zero-order valence-corrected chi connectivity index (χ0v) is 17.2. The molecule has 0 aliphatic heterocycles. The van der Waals surface area contributed by atoms with Crippen molar-refractivity contribution in [1.29, 1.82) is 0 Å². The first-order valence-electron chi connectivity index (χ1n) is 9.73. The second kappa shape index (κ2) is 11.7. The number of nitrogens with one attached hydrogen (secondary N) is 3. The Labute approximate surface area is 171 Å². The van der Waals surface area contributed by atoms with E-state index in [-0.39, 0.29) is 24.3 Å². The maximum atomic E-state index is 12.2. The van der Waals surface area contributed by atoms with Gasteiger partial charge >= 0.3 is 0 Å². The van der Waals surface area contributed by atoms with Crippen LogP contribution >= 0.6 is 0 Å². The number of anilines is 3. The second-order valence-corrected chi connectivity index (χ2v) is 6.70. The Hall–Kier alpha value is -3.06. The summed E-state index contributed by atoms with van der Waals surface area (Å²) in [6.07, 6.45) is 0. The van der Waals surface area contributed by atoms with Crippen LogP contribution in [0.15, 0.2) is 48.5 Å². The lowest BCUT2D eigenvalue weighted by Crippen LogP contribution is -2.22. The van der Waals surface area contributed by atoms with E-state index in [1.807, 2.05) is 45.0 Å². The van der Waals surface area contributed by atoms with E-state index in [1.54, 1.807) is 24.3 Å². The number of carbonyl (C=O) groups excluding carboxylic acids is 2. The van der Waals surface area contributed by atoms with Crippen LogP contribution in [0.3, 0.4) is 0 Å². The summed E-state index contributed by atoms with van der Waals surface area (Å²) >= 11 is 0. The standard InChI is InChI=1S/C22H29N3O4/c1-4-28-11-12-29-20-10-6-7-17(14-20)23-15-21(26)24-18-8-5-9-19(13-18)25-22(27)16(2)3/h5-10,13-14,16,23H,4,11-12,15H2,1-3H3,(H,24,26)(H,25,27). The van der Waals surface area contributed by atoms with Crippen molar-refractivity contribution in [3.8, 4) is 5.75 Å². The minimum absolute atomic E-state index is 0.0708. The van der Waals surface area contributed by atoms with Gasteiger partial charge in [0.15, 0.2) is 0 Å². The largest absolute Gasteiger partial charge is 0.491 e. The predicted molar refractivity (Wildman–Crippen MR) is 115 cm³/mol. The average Bonchev–Trinajstić information content (AvgIpc) is 2.70. The number of amides is 2.